The summed E-state index contributed by atoms with van der Waals surface area (Å²) in [5.74, 6) is -1.28. The molecule has 1 saturated heterocycles. The molecule has 1 fully saturated rings. The van der Waals surface area contributed by atoms with E-state index in [1.54, 1.807) is 12.1 Å². The van der Waals surface area contributed by atoms with Crippen molar-refractivity contribution in [2.45, 2.75) is 32.7 Å². The van der Waals surface area contributed by atoms with Gasteiger partial charge in [-0.05, 0) is 56.7 Å². The maximum atomic E-state index is 14.1. The zero-order valence-electron chi connectivity index (χ0n) is 16.6. The summed E-state index contributed by atoms with van der Waals surface area (Å²) in [6.07, 6.45) is 1.54. The number of ether oxygens (including phenoxy) is 2. The van der Waals surface area contributed by atoms with Crippen LogP contribution in [0.2, 0.25) is 0 Å². The fourth-order valence-electron chi connectivity index (χ4n) is 3.54. The second-order valence-corrected chi connectivity index (χ2v) is 7.68. The predicted molar refractivity (Wildman–Crippen MR) is 111 cm³/mol. The van der Waals surface area contributed by atoms with Crippen LogP contribution in [0.1, 0.15) is 25.0 Å². The number of nitrogens with one attached hydrogen (secondary N) is 3. The molecule has 1 unspecified atom stereocenters. The van der Waals surface area contributed by atoms with Gasteiger partial charge < -0.3 is 25.4 Å². The lowest BCUT2D eigenvalue weighted by molar-refractivity contribution is -0.136. The summed E-state index contributed by atoms with van der Waals surface area (Å²) in [5.41, 5.74) is 3.89. The van der Waals surface area contributed by atoms with Crippen molar-refractivity contribution in [3.8, 4) is 0 Å². The summed E-state index contributed by atoms with van der Waals surface area (Å²) < 4.78 is 25.5. The first-order valence-electron chi connectivity index (χ1n) is 9.56. The summed E-state index contributed by atoms with van der Waals surface area (Å²) in [6, 6.07) is 10.4. The lowest BCUT2D eigenvalue weighted by atomic mass is 10.1. The Labute approximate surface area is 169 Å². The third-order valence-corrected chi connectivity index (χ3v) is 4.97. The lowest BCUT2D eigenvalue weighted by Crippen LogP contribution is -2.26. The Hall–Kier alpha value is -2.90. The number of halogens is 1. The molecule has 3 N–H and O–H groups in total. The molecule has 2 aliphatic rings. The number of carbonyl (C=O) groups excluding carboxylic acids is 1. The maximum absolute atomic E-state index is 14.1. The van der Waals surface area contributed by atoms with E-state index in [-0.39, 0.29) is 17.6 Å². The third kappa shape index (κ3) is 4.11. The second kappa shape index (κ2) is 7.50. The van der Waals surface area contributed by atoms with E-state index in [1.165, 1.54) is 12.3 Å². The first-order chi connectivity index (χ1) is 13.8. The molecule has 0 saturated carbocycles. The number of aryl methyl sites for hydroxylation is 1. The number of hydrogen-bond donors (Lipinski definition) is 3. The first kappa shape index (κ1) is 19.4. The zero-order chi connectivity index (χ0) is 20.6. The van der Waals surface area contributed by atoms with Crippen molar-refractivity contribution in [2.24, 2.45) is 0 Å². The van der Waals surface area contributed by atoms with Crippen LogP contribution in [0.3, 0.4) is 0 Å². The van der Waals surface area contributed by atoms with Crippen LogP contribution in [0.5, 0.6) is 0 Å². The Balaban J connectivity index is 1.43. The van der Waals surface area contributed by atoms with Gasteiger partial charge in [0.1, 0.15) is 11.9 Å². The fourth-order valence-corrected chi connectivity index (χ4v) is 3.54. The molecule has 0 spiro atoms. The molecule has 0 radical (unpaired) electrons. The maximum Gasteiger partial charge on any atom is 0.257 e. The van der Waals surface area contributed by atoms with Gasteiger partial charge in [-0.1, -0.05) is 6.07 Å². The fraction of sp³-hybridized carbons (Fsp3) is 0.318. The molecular formula is C22H24FN3O3. The van der Waals surface area contributed by atoms with Gasteiger partial charge >= 0.3 is 0 Å². The van der Waals surface area contributed by atoms with Gasteiger partial charge in [-0.15, -0.1) is 0 Å². The summed E-state index contributed by atoms with van der Waals surface area (Å²) in [7, 11) is 0. The highest BCUT2D eigenvalue weighted by Crippen LogP contribution is 2.33. The number of amides is 1. The Bertz CT molecular complexity index is 987. The minimum absolute atomic E-state index is 0.00257. The van der Waals surface area contributed by atoms with Crippen molar-refractivity contribution in [3.63, 3.8) is 0 Å². The third-order valence-electron chi connectivity index (χ3n) is 4.97. The topological polar surface area (TPSA) is 71.6 Å². The van der Waals surface area contributed by atoms with E-state index in [2.05, 4.69) is 16.0 Å². The number of hydrogen-bond acceptors (Lipinski definition) is 5. The van der Waals surface area contributed by atoms with E-state index in [9.17, 15) is 9.18 Å². The van der Waals surface area contributed by atoms with Gasteiger partial charge in [0, 0.05) is 29.7 Å². The van der Waals surface area contributed by atoms with E-state index in [0.29, 0.717) is 24.4 Å². The highest BCUT2D eigenvalue weighted by Gasteiger charge is 2.32. The van der Waals surface area contributed by atoms with Crippen molar-refractivity contribution in [1.82, 2.24) is 0 Å². The Kier molecular flexibility index (Phi) is 5.02. The minimum atomic E-state index is -0.534. The van der Waals surface area contributed by atoms with Crippen molar-refractivity contribution in [2.75, 3.05) is 29.1 Å². The smallest absolute Gasteiger partial charge is 0.257 e. The van der Waals surface area contributed by atoms with Gasteiger partial charge in [0.25, 0.3) is 5.91 Å². The largest absolute Gasteiger partial charge is 0.382 e. The number of rotatable bonds is 5. The molecule has 2 aromatic carbocycles. The Morgan fingerprint density at radius 3 is 2.86 bits per heavy atom. The van der Waals surface area contributed by atoms with E-state index < -0.39 is 11.6 Å². The number of fused-ring (bicyclic) bond motifs is 1. The Morgan fingerprint density at radius 2 is 2.14 bits per heavy atom. The molecule has 4 rings (SSSR count). The van der Waals surface area contributed by atoms with Gasteiger partial charge in [-0.2, -0.15) is 0 Å². The van der Waals surface area contributed by atoms with Gasteiger partial charge in [0.05, 0.1) is 17.9 Å². The lowest BCUT2D eigenvalue weighted by Gasteiger charge is -2.18. The minimum Gasteiger partial charge on any atom is -0.382 e. The molecule has 2 aliphatic heterocycles. The molecule has 7 heteroatoms. The standard InChI is InChI=1S/C22H24FN3O3/c1-13-9-14(7-8-18(13)25-10-15-12-28-22(2,3)29-15)24-11-16-20-17(23)5-4-6-19(20)26-21(16)27/h4-9,11,15,24-25H,10,12H2,1-3H3,(H,26,27). The molecule has 2 heterocycles. The summed E-state index contributed by atoms with van der Waals surface area (Å²) in [6.45, 7) is 7.02. The monoisotopic (exact) mass is 397 g/mol. The number of benzene rings is 2. The van der Waals surface area contributed by atoms with Gasteiger partial charge in [0.15, 0.2) is 5.79 Å². The molecule has 0 aliphatic carbocycles. The van der Waals surface area contributed by atoms with Crippen LogP contribution in [0.15, 0.2) is 42.6 Å². The van der Waals surface area contributed by atoms with Gasteiger partial charge in [-0.25, -0.2) is 4.39 Å². The SMILES string of the molecule is Cc1cc(NC=C2C(=O)Nc3cccc(F)c32)ccc1NCC1COC(C)(C)O1. The number of carbonyl (C=O) groups is 1. The van der Waals surface area contributed by atoms with Crippen LogP contribution >= 0.6 is 0 Å². The van der Waals surface area contributed by atoms with Crippen molar-refractivity contribution >= 4 is 28.5 Å². The first-order valence-corrected chi connectivity index (χ1v) is 9.56. The quantitative estimate of drug-likeness (QED) is 0.663. The highest BCUT2D eigenvalue weighted by atomic mass is 19.1. The van der Waals surface area contributed by atoms with Gasteiger partial charge in [-0.3, -0.25) is 4.79 Å². The zero-order valence-corrected chi connectivity index (χ0v) is 16.6. The van der Waals surface area contributed by atoms with E-state index in [0.717, 1.165) is 16.9 Å². The number of anilines is 3. The van der Waals surface area contributed by atoms with Crippen molar-refractivity contribution < 1.29 is 18.7 Å². The molecule has 1 atom stereocenters. The average Bonchev–Trinajstić information content (AvgIpc) is 3.18. The van der Waals surface area contributed by atoms with Crippen LogP contribution in [0, 0.1) is 12.7 Å². The van der Waals surface area contributed by atoms with Crippen molar-refractivity contribution in [3.05, 3.63) is 59.5 Å². The van der Waals surface area contributed by atoms with Crippen LogP contribution in [0.4, 0.5) is 21.5 Å². The molecule has 29 heavy (non-hydrogen) atoms. The molecule has 0 aromatic heterocycles. The van der Waals surface area contributed by atoms with Crippen LogP contribution in [0.25, 0.3) is 5.57 Å². The van der Waals surface area contributed by atoms with Crippen LogP contribution in [-0.4, -0.2) is 30.9 Å². The molecule has 2 aromatic rings. The van der Waals surface area contributed by atoms with Gasteiger partial charge in [0.2, 0.25) is 0 Å². The van der Waals surface area contributed by atoms with E-state index >= 15 is 0 Å². The average molecular weight is 397 g/mol. The van der Waals surface area contributed by atoms with Crippen molar-refractivity contribution in [1.29, 1.82) is 0 Å². The summed E-state index contributed by atoms with van der Waals surface area (Å²) >= 11 is 0. The molecule has 1 amide bonds. The molecule has 6 nitrogen and oxygen atoms in total. The second-order valence-electron chi connectivity index (χ2n) is 7.68. The molecule has 152 valence electrons. The van der Waals surface area contributed by atoms with E-state index in [1.807, 2.05) is 39.0 Å². The van der Waals surface area contributed by atoms with Crippen LogP contribution < -0.4 is 16.0 Å². The Morgan fingerprint density at radius 1 is 1.31 bits per heavy atom. The van der Waals surface area contributed by atoms with E-state index in [4.69, 9.17) is 9.47 Å². The molecule has 0 bridgehead atoms. The summed E-state index contributed by atoms with van der Waals surface area (Å²) in [5, 5.41) is 9.16. The molecular weight excluding hydrogens is 373 g/mol. The summed E-state index contributed by atoms with van der Waals surface area (Å²) in [4.78, 5) is 12.2. The normalized spacial score (nSPS) is 21.2. The van der Waals surface area contributed by atoms with Crippen LogP contribution in [-0.2, 0) is 14.3 Å². The highest BCUT2D eigenvalue weighted by molar-refractivity contribution is 6.31. The predicted octanol–water partition coefficient (Wildman–Crippen LogP) is 4.10.